The highest BCUT2D eigenvalue weighted by Crippen LogP contribution is 2.33. The Balaban J connectivity index is 1.43. The molecule has 1 amide bonds. The van der Waals surface area contributed by atoms with Gasteiger partial charge in [-0.05, 0) is 54.1 Å². The third-order valence-corrected chi connectivity index (χ3v) is 5.79. The summed E-state index contributed by atoms with van der Waals surface area (Å²) in [7, 11) is 3.16. The van der Waals surface area contributed by atoms with Gasteiger partial charge in [0.05, 0.1) is 31.2 Å². The normalized spacial score (nSPS) is 10.7. The molecule has 0 saturated heterocycles. The summed E-state index contributed by atoms with van der Waals surface area (Å²) in [4.78, 5) is 13.4. The first-order chi connectivity index (χ1) is 17.7. The fourth-order valence-corrected chi connectivity index (χ4v) is 3.92. The highest BCUT2D eigenvalue weighted by atomic mass is 16.5. The molecule has 2 aromatic heterocycles. The van der Waals surface area contributed by atoms with E-state index in [1.165, 1.54) is 0 Å². The molecule has 0 fully saturated rings. The molecule has 0 spiro atoms. The van der Waals surface area contributed by atoms with Crippen LogP contribution < -0.4 is 14.8 Å². The van der Waals surface area contributed by atoms with Crippen molar-refractivity contribution in [3.8, 4) is 34.1 Å². The van der Waals surface area contributed by atoms with Crippen molar-refractivity contribution < 1.29 is 14.3 Å². The number of nitrogens with zero attached hydrogens (tertiary/aromatic N) is 4. The number of rotatable bonds is 8. The van der Waals surface area contributed by atoms with Crippen molar-refractivity contribution >= 4 is 5.91 Å². The van der Waals surface area contributed by atoms with Crippen LogP contribution in [0.25, 0.3) is 22.6 Å². The van der Waals surface area contributed by atoms with Gasteiger partial charge in [-0.1, -0.05) is 30.3 Å². The molecule has 36 heavy (non-hydrogen) atoms. The Morgan fingerprint density at radius 2 is 1.61 bits per heavy atom. The van der Waals surface area contributed by atoms with Crippen LogP contribution in [0.15, 0.2) is 97.5 Å². The highest BCUT2D eigenvalue weighted by Gasteiger charge is 2.20. The summed E-state index contributed by atoms with van der Waals surface area (Å²) in [6.07, 6.45) is 5.37. The van der Waals surface area contributed by atoms with Crippen LogP contribution >= 0.6 is 0 Å². The van der Waals surface area contributed by atoms with E-state index in [0.29, 0.717) is 29.3 Å². The van der Waals surface area contributed by atoms with E-state index in [2.05, 4.69) is 10.4 Å². The topological polar surface area (TPSA) is 83.2 Å². The Hall–Kier alpha value is -4.85. The average molecular weight is 480 g/mol. The second-order valence-electron chi connectivity index (χ2n) is 8.04. The van der Waals surface area contributed by atoms with Crippen LogP contribution in [0.4, 0.5) is 0 Å². The summed E-state index contributed by atoms with van der Waals surface area (Å²) in [6, 6.07) is 24.9. The molecule has 8 heteroatoms. The number of nitrogens with one attached hydrogen (secondary N) is 1. The zero-order valence-electron chi connectivity index (χ0n) is 20.0. The van der Waals surface area contributed by atoms with E-state index < -0.39 is 0 Å². The molecule has 0 aliphatic rings. The quantitative estimate of drug-likeness (QED) is 0.350. The molecule has 2 heterocycles. The van der Waals surface area contributed by atoms with Gasteiger partial charge in [-0.15, -0.1) is 0 Å². The Labute approximate surface area is 208 Å². The van der Waals surface area contributed by atoms with Gasteiger partial charge in [-0.3, -0.25) is 4.79 Å². The number of ether oxygens (including phenoxy) is 2. The predicted molar refractivity (Wildman–Crippen MR) is 137 cm³/mol. The van der Waals surface area contributed by atoms with Gasteiger partial charge in [0.15, 0.2) is 11.5 Å². The summed E-state index contributed by atoms with van der Waals surface area (Å²) in [5, 5.41) is 12.0. The van der Waals surface area contributed by atoms with Crippen molar-refractivity contribution in [2.24, 2.45) is 0 Å². The minimum absolute atomic E-state index is 0.224. The molecule has 8 nitrogen and oxygen atoms in total. The molecule has 0 aliphatic heterocycles. The zero-order chi connectivity index (χ0) is 24.9. The Kier molecular flexibility index (Phi) is 6.48. The summed E-state index contributed by atoms with van der Waals surface area (Å²) >= 11 is 0. The van der Waals surface area contributed by atoms with Crippen LogP contribution in [0.3, 0.4) is 0 Å². The van der Waals surface area contributed by atoms with Crippen LogP contribution in [-0.4, -0.2) is 39.7 Å². The molecule has 5 aromatic rings. The zero-order valence-corrected chi connectivity index (χ0v) is 20.0. The van der Waals surface area contributed by atoms with E-state index in [9.17, 15) is 4.79 Å². The molecule has 1 N–H and O–H groups in total. The molecule has 0 radical (unpaired) electrons. The van der Waals surface area contributed by atoms with Gasteiger partial charge in [-0.25, -0.2) is 9.36 Å². The van der Waals surface area contributed by atoms with Gasteiger partial charge in [0.1, 0.15) is 5.69 Å². The van der Waals surface area contributed by atoms with Crippen molar-refractivity contribution in [1.29, 1.82) is 0 Å². The van der Waals surface area contributed by atoms with Crippen LogP contribution in [-0.2, 0) is 6.54 Å². The summed E-state index contributed by atoms with van der Waals surface area (Å²) in [6.45, 7) is 0.375. The molecule has 0 bridgehead atoms. The number of aromatic nitrogens is 4. The molecule has 0 atom stereocenters. The molecule has 5 rings (SSSR count). The maximum Gasteiger partial charge on any atom is 0.255 e. The fourth-order valence-electron chi connectivity index (χ4n) is 3.92. The van der Waals surface area contributed by atoms with Gasteiger partial charge in [-0.2, -0.15) is 10.2 Å². The molecule has 0 aliphatic carbocycles. The summed E-state index contributed by atoms with van der Waals surface area (Å²) in [5.74, 6) is 0.944. The lowest BCUT2D eigenvalue weighted by molar-refractivity contribution is 0.0951. The van der Waals surface area contributed by atoms with Gasteiger partial charge in [0.2, 0.25) is 0 Å². The van der Waals surface area contributed by atoms with E-state index in [1.54, 1.807) is 42.0 Å². The monoisotopic (exact) mass is 479 g/mol. The Morgan fingerprint density at radius 3 is 2.31 bits per heavy atom. The van der Waals surface area contributed by atoms with Crippen LogP contribution in [0, 0.1) is 0 Å². The first kappa shape index (κ1) is 22.9. The predicted octanol–water partition coefficient (Wildman–Crippen LogP) is 4.67. The second-order valence-corrected chi connectivity index (χ2v) is 8.04. The standard InChI is InChI=1S/C28H25N5O3/c1-35-25-14-11-21(17-26(25)36-2)27-24(19-33(31-27)22-7-4-3-5-8-22)28(34)29-18-20-9-12-23(13-10-20)32-16-6-15-30-32/h3-17,19H,18H2,1-2H3,(H,29,34). The smallest absolute Gasteiger partial charge is 0.255 e. The van der Waals surface area contributed by atoms with Crippen LogP contribution in [0.5, 0.6) is 11.5 Å². The fraction of sp³-hybridized carbons (Fsp3) is 0.107. The van der Waals surface area contributed by atoms with Gasteiger partial charge in [0, 0.05) is 30.7 Å². The largest absolute Gasteiger partial charge is 0.493 e. The lowest BCUT2D eigenvalue weighted by atomic mass is 10.1. The van der Waals surface area contributed by atoms with Crippen molar-refractivity contribution in [3.63, 3.8) is 0 Å². The molecule has 0 unspecified atom stereocenters. The van der Waals surface area contributed by atoms with Gasteiger partial charge in [0.25, 0.3) is 5.91 Å². The molecule has 3 aromatic carbocycles. The lowest BCUT2D eigenvalue weighted by Gasteiger charge is -2.10. The number of hydrogen-bond donors (Lipinski definition) is 1. The molecular weight excluding hydrogens is 454 g/mol. The third kappa shape index (κ3) is 4.69. The van der Waals surface area contributed by atoms with Crippen molar-refractivity contribution in [3.05, 3.63) is 109 Å². The minimum atomic E-state index is -0.224. The first-order valence-corrected chi connectivity index (χ1v) is 11.4. The minimum Gasteiger partial charge on any atom is -0.493 e. The number of benzene rings is 3. The number of carbonyl (C=O) groups excluding carboxylic acids is 1. The number of methoxy groups -OCH3 is 2. The van der Waals surface area contributed by atoms with E-state index in [0.717, 1.165) is 22.5 Å². The Bertz CT molecular complexity index is 1460. The van der Waals surface area contributed by atoms with Crippen LogP contribution in [0.1, 0.15) is 15.9 Å². The molecule has 180 valence electrons. The summed E-state index contributed by atoms with van der Waals surface area (Å²) in [5.41, 5.74) is 4.53. The van der Waals surface area contributed by atoms with Crippen molar-refractivity contribution in [1.82, 2.24) is 24.9 Å². The number of amides is 1. The van der Waals surface area contributed by atoms with Crippen molar-refractivity contribution in [2.75, 3.05) is 14.2 Å². The van der Waals surface area contributed by atoms with Gasteiger partial charge < -0.3 is 14.8 Å². The van der Waals surface area contributed by atoms with E-state index in [4.69, 9.17) is 14.6 Å². The second kappa shape index (κ2) is 10.2. The van der Waals surface area contributed by atoms with Gasteiger partial charge >= 0.3 is 0 Å². The third-order valence-electron chi connectivity index (χ3n) is 5.79. The maximum absolute atomic E-state index is 13.4. The summed E-state index contributed by atoms with van der Waals surface area (Å²) < 4.78 is 14.3. The van der Waals surface area contributed by atoms with Crippen LogP contribution in [0.2, 0.25) is 0 Å². The van der Waals surface area contributed by atoms with E-state index in [-0.39, 0.29) is 5.91 Å². The molecule has 0 saturated carbocycles. The first-order valence-electron chi connectivity index (χ1n) is 11.4. The number of para-hydroxylation sites is 1. The number of hydrogen-bond acceptors (Lipinski definition) is 5. The lowest BCUT2D eigenvalue weighted by Crippen LogP contribution is -2.23. The average Bonchev–Trinajstić information content (AvgIpc) is 3.63. The SMILES string of the molecule is COc1ccc(-c2nn(-c3ccccc3)cc2C(=O)NCc2ccc(-n3cccn3)cc2)cc1OC. The molecular formula is C28H25N5O3. The highest BCUT2D eigenvalue weighted by molar-refractivity contribution is 6.00. The van der Waals surface area contributed by atoms with E-state index >= 15 is 0 Å². The van der Waals surface area contributed by atoms with E-state index in [1.807, 2.05) is 79.0 Å². The number of carbonyl (C=O) groups is 1. The van der Waals surface area contributed by atoms with Crippen molar-refractivity contribution in [2.45, 2.75) is 6.54 Å². The Morgan fingerprint density at radius 1 is 0.861 bits per heavy atom. The maximum atomic E-state index is 13.4.